The molecule has 2 aromatic rings. The average molecular weight is 346 g/mol. The fourth-order valence-electron chi connectivity index (χ4n) is 3.37. The van der Waals surface area contributed by atoms with Gasteiger partial charge in [-0.3, -0.25) is 9.69 Å². The van der Waals surface area contributed by atoms with Crippen molar-refractivity contribution < 1.29 is 14.1 Å². The molecule has 4 rings (SSSR count). The number of aromatic nitrogens is 3. The zero-order valence-electron chi connectivity index (χ0n) is 14.3. The highest BCUT2D eigenvalue weighted by Crippen LogP contribution is 2.26. The number of aryl methyl sites for hydroxylation is 1. The van der Waals surface area contributed by atoms with Gasteiger partial charge in [-0.2, -0.15) is 4.98 Å². The van der Waals surface area contributed by atoms with Crippen molar-refractivity contribution in [1.82, 2.24) is 24.9 Å². The second-order valence-electron chi connectivity index (χ2n) is 6.40. The molecule has 1 amide bonds. The van der Waals surface area contributed by atoms with Gasteiger partial charge in [0.15, 0.2) is 0 Å². The second-order valence-corrected chi connectivity index (χ2v) is 6.40. The van der Waals surface area contributed by atoms with Gasteiger partial charge in [-0.15, -0.1) is 0 Å². The van der Waals surface area contributed by atoms with Gasteiger partial charge in [0.25, 0.3) is 5.71 Å². The summed E-state index contributed by atoms with van der Waals surface area (Å²) in [6, 6.07) is 0. The third-order valence-corrected chi connectivity index (χ3v) is 4.82. The Hall–Kier alpha value is -2.26. The van der Waals surface area contributed by atoms with Crippen LogP contribution in [0.2, 0.25) is 0 Å². The highest BCUT2D eigenvalue weighted by molar-refractivity contribution is 5.87. The molecule has 9 nitrogen and oxygen atoms in total. The molecule has 2 aliphatic heterocycles. The van der Waals surface area contributed by atoms with Crippen molar-refractivity contribution in [1.29, 1.82) is 0 Å². The SMILES string of the molecule is Cc1noc2ncnc(N3CCN(CC(=O)N4CCOCC4)CC3)c12. The van der Waals surface area contributed by atoms with Gasteiger partial charge >= 0.3 is 0 Å². The molecule has 134 valence electrons. The van der Waals surface area contributed by atoms with Gasteiger partial charge in [0.2, 0.25) is 5.91 Å². The third-order valence-electron chi connectivity index (χ3n) is 4.82. The van der Waals surface area contributed by atoms with E-state index < -0.39 is 0 Å². The number of morpholine rings is 1. The van der Waals surface area contributed by atoms with Crippen molar-refractivity contribution in [2.75, 3.05) is 63.9 Å². The number of anilines is 1. The number of nitrogens with zero attached hydrogens (tertiary/aromatic N) is 6. The number of hydrogen-bond donors (Lipinski definition) is 0. The lowest BCUT2D eigenvalue weighted by molar-refractivity contribution is -0.136. The van der Waals surface area contributed by atoms with Crippen molar-refractivity contribution in [3.63, 3.8) is 0 Å². The summed E-state index contributed by atoms with van der Waals surface area (Å²) in [6.07, 6.45) is 1.51. The van der Waals surface area contributed by atoms with Gasteiger partial charge in [-0.25, -0.2) is 4.98 Å². The van der Waals surface area contributed by atoms with E-state index in [-0.39, 0.29) is 5.91 Å². The molecule has 4 heterocycles. The summed E-state index contributed by atoms with van der Waals surface area (Å²) < 4.78 is 10.5. The standard InChI is InChI=1S/C16H22N6O3/c1-12-14-15(17-11-18-16(14)25-19-12)22-4-2-20(3-5-22)10-13(23)21-6-8-24-9-7-21/h11H,2-10H2,1H3. The van der Waals surface area contributed by atoms with E-state index in [1.807, 2.05) is 11.8 Å². The summed E-state index contributed by atoms with van der Waals surface area (Å²) in [7, 11) is 0. The van der Waals surface area contributed by atoms with Crippen LogP contribution >= 0.6 is 0 Å². The lowest BCUT2D eigenvalue weighted by Crippen LogP contribution is -2.51. The van der Waals surface area contributed by atoms with Gasteiger partial charge in [-0.1, -0.05) is 5.16 Å². The molecule has 2 fully saturated rings. The van der Waals surface area contributed by atoms with Crippen LogP contribution < -0.4 is 4.90 Å². The molecule has 0 atom stereocenters. The quantitative estimate of drug-likeness (QED) is 0.762. The molecule has 25 heavy (non-hydrogen) atoms. The van der Waals surface area contributed by atoms with E-state index >= 15 is 0 Å². The number of carbonyl (C=O) groups is 1. The number of carbonyl (C=O) groups excluding carboxylic acids is 1. The topological polar surface area (TPSA) is 87.8 Å². The first-order valence-corrected chi connectivity index (χ1v) is 8.62. The molecule has 0 saturated carbocycles. The van der Waals surface area contributed by atoms with Crippen LogP contribution in [0.4, 0.5) is 5.82 Å². The van der Waals surface area contributed by atoms with Crippen molar-refractivity contribution in [3.8, 4) is 0 Å². The number of hydrogen-bond acceptors (Lipinski definition) is 8. The first-order valence-electron chi connectivity index (χ1n) is 8.62. The maximum Gasteiger partial charge on any atom is 0.263 e. The van der Waals surface area contributed by atoms with Crippen LogP contribution in [0.5, 0.6) is 0 Å². The fraction of sp³-hybridized carbons (Fsp3) is 0.625. The normalized spacial score (nSPS) is 19.6. The van der Waals surface area contributed by atoms with Gasteiger partial charge in [-0.05, 0) is 6.92 Å². The van der Waals surface area contributed by atoms with E-state index in [2.05, 4.69) is 24.9 Å². The Morgan fingerprint density at radius 3 is 2.64 bits per heavy atom. The maximum absolute atomic E-state index is 12.4. The van der Waals surface area contributed by atoms with Crippen LogP contribution in [0.15, 0.2) is 10.9 Å². The average Bonchev–Trinajstić information content (AvgIpc) is 3.04. The Bertz CT molecular complexity index is 749. The lowest BCUT2D eigenvalue weighted by Gasteiger charge is -2.36. The molecule has 0 spiro atoms. The zero-order valence-corrected chi connectivity index (χ0v) is 14.3. The van der Waals surface area contributed by atoms with Crippen molar-refractivity contribution >= 4 is 22.8 Å². The first kappa shape index (κ1) is 16.2. The zero-order chi connectivity index (χ0) is 17.2. The van der Waals surface area contributed by atoms with E-state index in [1.165, 1.54) is 6.33 Å². The molecule has 9 heteroatoms. The minimum atomic E-state index is 0.191. The number of piperazine rings is 1. The Balaban J connectivity index is 1.38. The molecule has 0 bridgehead atoms. The number of amides is 1. The molecule has 0 aromatic carbocycles. The smallest absolute Gasteiger partial charge is 0.263 e. The van der Waals surface area contributed by atoms with Crippen LogP contribution in [0.25, 0.3) is 11.1 Å². The van der Waals surface area contributed by atoms with Crippen LogP contribution in [0.3, 0.4) is 0 Å². The van der Waals surface area contributed by atoms with Gasteiger partial charge < -0.3 is 19.1 Å². The molecule has 0 radical (unpaired) electrons. The summed E-state index contributed by atoms with van der Waals surface area (Å²) >= 11 is 0. The van der Waals surface area contributed by atoms with Crippen molar-refractivity contribution in [2.45, 2.75) is 6.92 Å². The molecule has 0 unspecified atom stereocenters. The molecule has 0 N–H and O–H groups in total. The number of rotatable bonds is 3. The van der Waals surface area contributed by atoms with Gasteiger partial charge in [0.1, 0.15) is 17.5 Å². The molecular weight excluding hydrogens is 324 g/mol. The van der Waals surface area contributed by atoms with Crippen molar-refractivity contribution in [2.24, 2.45) is 0 Å². The molecule has 2 saturated heterocycles. The van der Waals surface area contributed by atoms with Crippen LogP contribution in [0.1, 0.15) is 5.69 Å². The minimum Gasteiger partial charge on any atom is -0.378 e. The van der Waals surface area contributed by atoms with Crippen molar-refractivity contribution in [3.05, 3.63) is 12.0 Å². The summed E-state index contributed by atoms with van der Waals surface area (Å²) in [5.41, 5.74) is 1.32. The number of ether oxygens (including phenoxy) is 1. The highest BCUT2D eigenvalue weighted by Gasteiger charge is 2.25. The van der Waals surface area contributed by atoms with E-state index in [0.29, 0.717) is 38.6 Å². The molecule has 2 aromatic heterocycles. The van der Waals surface area contributed by atoms with Crippen LogP contribution in [-0.2, 0) is 9.53 Å². The molecular formula is C16H22N6O3. The van der Waals surface area contributed by atoms with Crippen LogP contribution in [-0.4, -0.2) is 89.9 Å². The summed E-state index contributed by atoms with van der Waals surface area (Å²) in [5, 5.41) is 4.86. The van der Waals surface area contributed by atoms with Crippen LogP contribution in [0, 0.1) is 6.92 Å². The van der Waals surface area contributed by atoms with E-state index in [0.717, 1.165) is 43.1 Å². The second kappa shape index (κ2) is 6.93. The minimum absolute atomic E-state index is 0.191. The lowest BCUT2D eigenvalue weighted by atomic mass is 10.2. The summed E-state index contributed by atoms with van der Waals surface area (Å²) in [5.74, 6) is 1.05. The predicted octanol–water partition coefficient (Wildman–Crippen LogP) is -0.0930. The summed E-state index contributed by atoms with van der Waals surface area (Å²) in [6.45, 7) is 8.32. The van der Waals surface area contributed by atoms with E-state index in [1.54, 1.807) is 0 Å². The third kappa shape index (κ3) is 3.29. The number of fused-ring (bicyclic) bond motifs is 1. The Morgan fingerprint density at radius 2 is 1.88 bits per heavy atom. The largest absolute Gasteiger partial charge is 0.378 e. The predicted molar refractivity (Wildman–Crippen MR) is 90.4 cm³/mol. The Labute approximate surface area is 145 Å². The molecule has 0 aliphatic carbocycles. The van der Waals surface area contributed by atoms with E-state index in [9.17, 15) is 4.79 Å². The van der Waals surface area contributed by atoms with E-state index in [4.69, 9.17) is 9.26 Å². The van der Waals surface area contributed by atoms with Gasteiger partial charge in [0, 0.05) is 39.3 Å². The van der Waals surface area contributed by atoms with Gasteiger partial charge in [0.05, 0.1) is 25.5 Å². The highest BCUT2D eigenvalue weighted by atomic mass is 16.5. The monoisotopic (exact) mass is 346 g/mol. The molecule has 2 aliphatic rings. The summed E-state index contributed by atoms with van der Waals surface area (Å²) in [4.78, 5) is 27.2. The fourth-order valence-corrected chi connectivity index (χ4v) is 3.37. The Morgan fingerprint density at radius 1 is 1.12 bits per heavy atom. The Kier molecular flexibility index (Phi) is 4.50. The maximum atomic E-state index is 12.4. The first-order chi connectivity index (χ1) is 12.2.